The highest BCUT2D eigenvalue weighted by molar-refractivity contribution is 6.30. The minimum Gasteiger partial charge on any atom is -0.391 e. The molecular weight excluding hydrogens is 224 g/mol. The average molecular weight is 236 g/mol. The molecule has 0 bridgehead atoms. The summed E-state index contributed by atoms with van der Waals surface area (Å²) in [4.78, 5) is 0. The predicted molar refractivity (Wildman–Crippen MR) is 54.6 cm³/mol. The molecule has 1 aromatic carbocycles. The van der Waals surface area contributed by atoms with Crippen molar-refractivity contribution in [3.63, 3.8) is 0 Å². The first-order valence-electron chi connectivity index (χ1n) is 4.56. The largest absolute Gasteiger partial charge is 0.391 e. The van der Waals surface area contributed by atoms with Crippen LogP contribution < -0.4 is 5.73 Å². The van der Waals surface area contributed by atoms with Crippen LogP contribution in [0, 0.1) is 11.6 Å². The average Bonchev–Trinajstić information content (AvgIpc) is 2.22. The van der Waals surface area contributed by atoms with Gasteiger partial charge >= 0.3 is 0 Å². The second-order valence-electron chi connectivity index (χ2n) is 3.26. The SMILES string of the molecule is CC[C@H](O)[C@H](N)c1c(F)ccc(Cl)c1F. The van der Waals surface area contributed by atoms with Gasteiger partial charge in [-0.05, 0) is 18.6 Å². The van der Waals surface area contributed by atoms with Crippen LogP contribution in [-0.2, 0) is 0 Å². The molecule has 0 aliphatic heterocycles. The topological polar surface area (TPSA) is 46.2 Å². The van der Waals surface area contributed by atoms with E-state index in [4.69, 9.17) is 17.3 Å². The van der Waals surface area contributed by atoms with E-state index in [2.05, 4.69) is 0 Å². The molecule has 1 rings (SSSR count). The van der Waals surface area contributed by atoms with Gasteiger partial charge in [0.05, 0.1) is 17.2 Å². The summed E-state index contributed by atoms with van der Waals surface area (Å²) >= 11 is 5.50. The van der Waals surface area contributed by atoms with Gasteiger partial charge in [0.2, 0.25) is 0 Å². The minimum atomic E-state index is -1.10. The third-order valence-electron chi connectivity index (χ3n) is 2.25. The third-order valence-corrected chi connectivity index (χ3v) is 2.54. The van der Waals surface area contributed by atoms with Gasteiger partial charge < -0.3 is 10.8 Å². The fourth-order valence-corrected chi connectivity index (χ4v) is 1.46. The molecule has 0 unspecified atom stereocenters. The Kier molecular flexibility index (Phi) is 4.02. The summed E-state index contributed by atoms with van der Waals surface area (Å²) in [6.45, 7) is 1.67. The molecule has 0 fully saturated rings. The Morgan fingerprint density at radius 2 is 2.07 bits per heavy atom. The molecule has 3 N–H and O–H groups in total. The predicted octanol–water partition coefficient (Wildman–Crippen LogP) is 2.39. The monoisotopic (exact) mass is 235 g/mol. The minimum absolute atomic E-state index is 0.204. The molecule has 15 heavy (non-hydrogen) atoms. The highest BCUT2D eigenvalue weighted by Crippen LogP contribution is 2.27. The molecule has 5 heteroatoms. The highest BCUT2D eigenvalue weighted by atomic mass is 35.5. The van der Waals surface area contributed by atoms with Crippen LogP contribution in [0.1, 0.15) is 24.9 Å². The zero-order valence-corrected chi connectivity index (χ0v) is 8.93. The van der Waals surface area contributed by atoms with Crippen molar-refractivity contribution in [1.82, 2.24) is 0 Å². The number of nitrogens with two attached hydrogens (primary N) is 1. The molecule has 0 spiro atoms. The quantitative estimate of drug-likeness (QED) is 0.791. The van der Waals surface area contributed by atoms with Crippen molar-refractivity contribution in [1.29, 1.82) is 0 Å². The Hall–Kier alpha value is -0.710. The first-order chi connectivity index (χ1) is 6.99. The molecule has 0 aliphatic rings. The van der Waals surface area contributed by atoms with Crippen molar-refractivity contribution >= 4 is 11.6 Å². The molecule has 0 heterocycles. The first-order valence-corrected chi connectivity index (χ1v) is 4.93. The molecule has 0 amide bonds. The maximum absolute atomic E-state index is 13.4. The Morgan fingerprint density at radius 3 is 2.60 bits per heavy atom. The summed E-state index contributed by atoms with van der Waals surface area (Å²) in [6, 6.07) is 1.04. The number of hydrogen-bond donors (Lipinski definition) is 2. The van der Waals surface area contributed by atoms with E-state index in [0.717, 1.165) is 12.1 Å². The molecule has 0 saturated carbocycles. The number of aliphatic hydroxyl groups excluding tert-OH is 1. The van der Waals surface area contributed by atoms with Gasteiger partial charge in [0, 0.05) is 5.56 Å². The van der Waals surface area contributed by atoms with E-state index in [0.29, 0.717) is 6.42 Å². The zero-order chi connectivity index (χ0) is 11.6. The Morgan fingerprint density at radius 1 is 1.47 bits per heavy atom. The van der Waals surface area contributed by atoms with E-state index in [-0.39, 0.29) is 10.6 Å². The molecule has 84 valence electrons. The van der Waals surface area contributed by atoms with E-state index < -0.39 is 23.8 Å². The van der Waals surface area contributed by atoms with Crippen molar-refractivity contribution in [3.05, 3.63) is 34.4 Å². The molecule has 0 radical (unpaired) electrons. The summed E-state index contributed by atoms with van der Waals surface area (Å²) in [6.07, 6.45) is -0.681. The van der Waals surface area contributed by atoms with Gasteiger partial charge in [-0.15, -0.1) is 0 Å². The van der Waals surface area contributed by atoms with Gasteiger partial charge in [0.15, 0.2) is 0 Å². The number of aliphatic hydroxyl groups is 1. The maximum atomic E-state index is 13.4. The number of hydrogen-bond acceptors (Lipinski definition) is 2. The molecule has 2 atom stereocenters. The van der Waals surface area contributed by atoms with Crippen molar-refractivity contribution in [2.75, 3.05) is 0 Å². The fourth-order valence-electron chi connectivity index (χ4n) is 1.29. The van der Waals surface area contributed by atoms with Crippen LogP contribution in [0.15, 0.2) is 12.1 Å². The Labute approximate surface area is 91.7 Å². The summed E-state index contributed by atoms with van der Waals surface area (Å²) in [5, 5.41) is 9.21. The molecule has 2 nitrogen and oxygen atoms in total. The highest BCUT2D eigenvalue weighted by Gasteiger charge is 2.23. The van der Waals surface area contributed by atoms with Gasteiger partial charge in [-0.25, -0.2) is 8.78 Å². The third kappa shape index (κ3) is 2.45. The first kappa shape index (κ1) is 12.4. The van der Waals surface area contributed by atoms with Crippen LogP contribution in [0.25, 0.3) is 0 Å². The number of halogens is 3. The molecular formula is C10H12ClF2NO. The molecule has 0 aliphatic carbocycles. The fraction of sp³-hybridized carbons (Fsp3) is 0.400. The summed E-state index contributed by atoms with van der Waals surface area (Å²) in [5.41, 5.74) is 5.17. The summed E-state index contributed by atoms with van der Waals surface area (Å²) in [7, 11) is 0. The van der Waals surface area contributed by atoms with Crippen LogP contribution in [0.2, 0.25) is 5.02 Å². The lowest BCUT2D eigenvalue weighted by Crippen LogP contribution is -2.27. The van der Waals surface area contributed by atoms with E-state index in [9.17, 15) is 13.9 Å². The number of benzene rings is 1. The summed E-state index contributed by atoms with van der Waals surface area (Å²) in [5.74, 6) is -1.70. The molecule has 1 aromatic rings. The number of rotatable bonds is 3. The lowest BCUT2D eigenvalue weighted by molar-refractivity contribution is 0.137. The van der Waals surface area contributed by atoms with Gasteiger partial charge in [0.25, 0.3) is 0 Å². The van der Waals surface area contributed by atoms with Gasteiger partial charge in [-0.1, -0.05) is 18.5 Å². The smallest absolute Gasteiger partial charge is 0.149 e. The van der Waals surface area contributed by atoms with Crippen LogP contribution in [0.3, 0.4) is 0 Å². The van der Waals surface area contributed by atoms with E-state index in [1.807, 2.05) is 0 Å². The van der Waals surface area contributed by atoms with Crippen molar-refractivity contribution in [2.45, 2.75) is 25.5 Å². The van der Waals surface area contributed by atoms with Gasteiger partial charge in [0.1, 0.15) is 11.6 Å². The Bertz CT molecular complexity index is 360. The second-order valence-corrected chi connectivity index (χ2v) is 3.67. The van der Waals surface area contributed by atoms with Crippen LogP contribution >= 0.6 is 11.6 Å². The summed E-state index contributed by atoms with van der Waals surface area (Å²) < 4.78 is 26.7. The van der Waals surface area contributed by atoms with E-state index >= 15 is 0 Å². The lowest BCUT2D eigenvalue weighted by atomic mass is 9.99. The van der Waals surface area contributed by atoms with Crippen molar-refractivity contribution in [3.8, 4) is 0 Å². The molecule has 0 aromatic heterocycles. The zero-order valence-electron chi connectivity index (χ0n) is 8.17. The van der Waals surface area contributed by atoms with Gasteiger partial charge in [-0.3, -0.25) is 0 Å². The van der Waals surface area contributed by atoms with E-state index in [1.54, 1.807) is 6.92 Å². The van der Waals surface area contributed by atoms with Crippen molar-refractivity contribution in [2.24, 2.45) is 5.73 Å². The standard InChI is InChI=1S/C10H12ClF2NO/c1-2-7(15)10(14)8-6(12)4-3-5(11)9(8)13/h3-4,7,10,15H,2,14H2,1H3/t7-,10-/m0/s1. The van der Waals surface area contributed by atoms with Crippen LogP contribution in [0.4, 0.5) is 8.78 Å². The van der Waals surface area contributed by atoms with E-state index in [1.165, 1.54) is 0 Å². The lowest BCUT2D eigenvalue weighted by Gasteiger charge is -2.19. The maximum Gasteiger partial charge on any atom is 0.149 e. The molecule has 0 saturated heterocycles. The normalized spacial score (nSPS) is 15.1. The Balaban J connectivity index is 3.18. The van der Waals surface area contributed by atoms with Crippen molar-refractivity contribution < 1.29 is 13.9 Å². The second kappa shape index (κ2) is 4.88. The van der Waals surface area contributed by atoms with Crippen LogP contribution in [0.5, 0.6) is 0 Å². The van der Waals surface area contributed by atoms with Crippen LogP contribution in [-0.4, -0.2) is 11.2 Å². The van der Waals surface area contributed by atoms with Gasteiger partial charge in [-0.2, -0.15) is 0 Å².